The third kappa shape index (κ3) is 7.78. The van der Waals surface area contributed by atoms with Crippen LogP contribution in [0.15, 0.2) is 77.3 Å². The molecule has 3 aromatic carbocycles. The lowest BCUT2D eigenvalue weighted by atomic mass is 9.94. The molecule has 1 N–H and O–H groups in total. The van der Waals surface area contributed by atoms with Crippen molar-refractivity contribution in [2.75, 3.05) is 0 Å². The van der Waals surface area contributed by atoms with Gasteiger partial charge in [-0.15, -0.1) is 0 Å². The average molecular weight is 562 g/mol. The van der Waals surface area contributed by atoms with Crippen LogP contribution in [0.4, 0.5) is 0 Å². The van der Waals surface area contributed by atoms with Gasteiger partial charge in [-0.3, -0.25) is 9.59 Å². The summed E-state index contributed by atoms with van der Waals surface area (Å²) in [6.07, 6.45) is 6.26. The molecule has 0 radical (unpaired) electrons. The maximum Gasteiger partial charge on any atom is 0.243 e. The van der Waals surface area contributed by atoms with Crippen molar-refractivity contribution in [2.45, 2.75) is 77.4 Å². The number of carbonyl (C=O) groups excluding carboxylic acids is 2. The third-order valence-corrected chi connectivity index (χ3v) is 7.80. The fraction of sp³-hybridized carbons (Fsp3) is 0.375. The van der Waals surface area contributed by atoms with Gasteiger partial charge in [0.1, 0.15) is 6.04 Å². The molecule has 1 aliphatic carbocycles. The molecule has 4 rings (SSSR count). The van der Waals surface area contributed by atoms with Crippen LogP contribution in [0.5, 0.6) is 0 Å². The second kappa shape index (κ2) is 13.0. The highest BCUT2D eigenvalue weighted by molar-refractivity contribution is 9.10. The molecular formula is C32H37BrN2O2. The van der Waals surface area contributed by atoms with Gasteiger partial charge >= 0.3 is 0 Å². The van der Waals surface area contributed by atoms with Gasteiger partial charge in [0.25, 0.3) is 0 Å². The molecule has 1 saturated carbocycles. The van der Waals surface area contributed by atoms with Crippen molar-refractivity contribution in [1.82, 2.24) is 10.2 Å². The number of aryl methyl sites for hydroxylation is 2. The van der Waals surface area contributed by atoms with Gasteiger partial charge in [0.05, 0.1) is 6.42 Å². The lowest BCUT2D eigenvalue weighted by Gasteiger charge is -2.33. The molecule has 1 atom stereocenters. The minimum Gasteiger partial charge on any atom is -0.352 e. The minimum absolute atomic E-state index is 0.0339. The molecule has 4 nitrogen and oxygen atoms in total. The van der Waals surface area contributed by atoms with Crippen LogP contribution in [0.2, 0.25) is 0 Å². The second-order valence-electron chi connectivity index (χ2n) is 10.3. The van der Waals surface area contributed by atoms with Crippen molar-refractivity contribution in [3.8, 4) is 0 Å². The van der Waals surface area contributed by atoms with E-state index in [4.69, 9.17) is 0 Å². The monoisotopic (exact) mass is 560 g/mol. The summed E-state index contributed by atoms with van der Waals surface area (Å²) < 4.78 is 0.957. The highest BCUT2D eigenvalue weighted by Crippen LogP contribution is 2.22. The van der Waals surface area contributed by atoms with Gasteiger partial charge < -0.3 is 10.2 Å². The number of hydrogen-bond acceptors (Lipinski definition) is 2. The maximum atomic E-state index is 14.0. The van der Waals surface area contributed by atoms with E-state index < -0.39 is 6.04 Å². The number of amides is 2. The van der Waals surface area contributed by atoms with Crippen LogP contribution in [-0.4, -0.2) is 28.8 Å². The first-order valence-corrected chi connectivity index (χ1v) is 14.1. The molecule has 1 unspecified atom stereocenters. The van der Waals surface area contributed by atoms with Crippen LogP contribution in [-0.2, 0) is 29.0 Å². The van der Waals surface area contributed by atoms with E-state index in [1.165, 1.54) is 6.42 Å². The van der Waals surface area contributed by atoms with Crippen molar-refractivity contribution in [1.29, 1.82) is 0 Å². The standard InChI is InChI=1S/C32H37BrN2O2/c1-23-16-17-24(2)27(18-23)21-31(36)35(22-26-12-9-13-28(33)19-26)30(20-25-10-5-3-6-11-25)32(37)34-29-14-7-4-8-15-29/h3,5-6,9-13,16-19,29-30H,4,7-8,14-15,20-22H2,1-2H3,(H,34,37). The fourth-order valence-corrected chi connectivity index (χ4v) is 5.63. The van der Waals surface area contributed by atoms with Crippen molar-refractivity contribution >= 4 is 27.7 Å². The first kappa shape index (κ1) is 27.1. The summed E-state index contributed by atoms with van der Waals surface area (Å²) >= 11 is 3.56. The first-order valence-electron chi connectivity index (χ1n) is 13.3. The molecule has 0 bridgehead atoms. The van der Waals surface area contributed by atoms with Gasteiger partial charge in [0, 0.05) is 23.5 Å². The molecule has 37 heavy (non-hydrogen) atoms. The third-order valence-electron chi connectivity index (χ3n) is 7.31. The van der Waals surface area contributed by atoms with Crippen molar-refractivity contribution in [3.63, 3.8) is 0 Å². The van der Waals surface area contributed by atoms with Gasteiger partial charge in [-0.1, -0.05) is 101 Å². The molecule has 0 spiro atoms. The molecule has 0 saturated heterocycles. The molecule has 1 fully saturated rings. The number of hydrogen-bond donors (Lipinski definition) is 1. The van der Waals surface area contributed by atoms with Gasteiger partial charge in [-0.2, -0.15) is 0 Å². The Kier molecular flexibility index (Phi) is 9.56. The Morgan fingerprint density at radius 3 is 2.38 bits per heavy atom. The van der Waals surface area contributed by atoms with Crippen LogP contribution in [0.1, 0.15) is 59.9 Å². The van der Waals surface area contributed by atoms with Gasteiger partial charge in [-0.25, -0.2) is 0 Å². The molecule has 2 amide bonds. The van der Waals surface area contributed by atoms with Crippen molar-refractivity contribution < 1.29 is 9.59 Å². The highest BCUT2D eigenvalue weighted by Gasteiger charge is 2.32. The molecule has 3 aromatic rings. The van der Waals surface area contributed by atoms with Gasteiger partial charge in [-0.05, 0) is 61.1 Å². The van der Waals surface area contributed by atoms with Gasteiger partial charge in [0.2, 0.25) is 11.8 Å². The molecule has 0 aromatic heterocycles. The number of rotatable bonds is 9. The fourth-order valence-electron chi connectivity index (χ4n) is 5.19. The molecule has 0 aliphatic heterocycles. The van der Waals surface area contributed by atoms with Crippen LogP contribution in [0, 0.1) is 13.8 Å². The minimum atomic E-state index is -0.596. The van der Waals surface area contributed by atoms with E-state index >= 15 is 0 Å². The zero-order valence-electron chi connectivity index (χ0n) is 21.9. The molecule has 0 heterocycles. The smallest absolute Gasteiger partial charge is 0.243 e. The molecule has 194 valence electrons. The largest absolute Gasteiger partial charge is 0.352 e. The van der Waals surface area contributed by atoms with Crippen LogP contribution < -0.4 is 5.32 Å². The Labute approximate surface area is 229 Å². The molecular weight excluding hydrogens is 524 g/mol. The average Bonchev–Trinajstić information content (AvgIpc) is 2.89. The van der Waals surface area contributed by atoms with E-state index in [-0.39, 0.29) is 24.3 Å². The van der Waals surface area contributed by atoms with E-state index in [1.807, 2.05) is 68.4 Å². The maximum absolute atomic E-state index is 14.0. The Bertz CT molecular complexity index is 1200. The number of carbonyl (C=O) groups is 2. The van der Waals surface area contributed by atoms with E-state index in [9.17, 15) is 9.59 Å². The Morgan fingerprint density at radius 2 is 1.65 bits per heavy atom. The van der Waals surface area contributed by atoms with E-state index in [0.717, 1.165) is 58.0 Å². The summed E-state index contributed by atoms with van der Waals surface area (Å²) in [6, 6.07) is 23.8. The summed E-state index contributed by atoms with van der Waals surface area (Å²) in [5, 5.41) is 3.31. The number of benzene rings is 3. The zero-order valence-corrected chi connectivity index (χ0v) is 23.5. The number of halogens is 1. The predicted octanol–water partition coefficient (Wildman–Crippen LogP) is 6.70. The van der Waals surface area contributed by atoms with Gasteiger partial charge in [0.15, 0.2) is 0 Å². The molecule has 5 heteroatoms. The summed E-state index contributed by atoms with van der Waals surface area (Å²) in [5.74, 6) is -0.0894. The Hall–Kier alpha value is -2.92. The predicted molar refractivity (Wildman–Crippen MR) is 153 cm³/mol. The lowest BCUT2D eigenvalue weighted by Crippen LogP contribution is -2.53. The summed E-state index contributed by atoms with van der Waals surface area (Å²) in [7, 11) is 0. The lowest BCUT2D eigenvalue weighted by molar-refractivity contribution is -0.141. The van der Waals surface area contributed by atoms with E-state index in [0.29, 0.717) is 13.0 Å². The number of nitrogens with one attached hydrogen (secondary N) is 1. The van der Waals surface area contributed by atoms with Crippen molar-refractivity contribution in [3.05, 3.63) is 105 Å². The number of nitrogens with zero attached hydrogens (tertiary/aromatic N) is 1. The van der Waals surface area contributed by atoms with Crippen LogP contribution in [0.25, 0.3) is 0 Å². The Morgan fingerprint density at radius 1 is 0.919 bits per heavy atom. The highest BCUT2D eigenvalue weighted by atomic mass is 79.9. The van der Waals surface area contributed by atoms with Crippen LogP contribution >= 0.6 is 15.9 Å². The zero-order chi connectivity index (χ0) is 26.2. The molecule has 1 aliphatic rings. The topological polar surface area (TPSA) is 49.4 Å². The van der Waals surface area contributed by atoms with E-state index in [2.05, 4.69) is 39.4 Å². The Balaban J connectivity index is 1.68. The quantitative estimate of drug-likeness (QED) is 0.316. The van der Waals surface area contributed by atoms with E-state index in [1.54, 1.807) is 4.90 Å². The first-order chi connectivity index (χ1) is 17.9. The SMILES string of the molecule is Cc1ccc(C)c(CC(=O)N(Cc2cccc(Br)c2)C(Cc2ccccc2)C(=O)NC2CCCCC2)c1. The summed E-state index contributed by atoms with van der Waals surface area (Å²) in [6.45, 7) is 4.46. The van der Waals surface area contributed by atoms with Crippen molar-refractivity contribution in [2.24, 2.45) is 0 Å². The summed E-state index contributed by atoms with van der Waals surface area (Å²) in [5.41, 5.74) is 5.27. The van der Waals surface area contributed by atoms with Crippen LogP contribution in [0.3, 0.4) is 0 Å². The normalized spacial score (nSPS) is 14.7. The second-order valence-corrected chi connectivity index (χ2v) is 11.2. The summed E-state index contributed by atoms with van der Waals surface area (Å²) in [4.78, 5) is 29.7.